The molecule has 2 aliphatic rings. The predicted molar refractivity (Wildman–Crippen MR) is 139 cm³/mol. The van der Waals surface area contributed by atoms with Gasteiger partial charge in [0.2, 0.25) is 17.7 Å². The van der Waals surface area contributed by atoms with Gasteiger partial charge in [0.05, 0.1) is 17.2 Å². The zero-order valence-electron chi connectivity index (χ0n) is 20.9. The lowest BCUT2D eigenvalue weighted by Gasteiger charge is -2.37. The van der Waals surface area contributed by atoms with Crippen LogP contribution in [0.2, 0.25) is 0 Å². The van der Waals surface area contributed by atoms with Crippen LogP contribution in [0.5, 0.6) is 0 Å². The predicted octanol–water partition coefficient (Wildman–Crippen LogP) is 2.21. The molecule has 37 heavy (non-hydrogen) atoms. The highest BCUT2D eigenvalue weighted by molar-refractivity contribution is 7.93. The van der Waals surface area contributed by atoms with Crippen LogP contribution in [0.3, 0.4) is 0 Å². The van der Waals surface area contributed by atoms with Gasteiger partial charge in [-0.2, -0.15) is 0 Å². The lowest BCUT2D eigenvalue weighted by Crippen LogP contribution is -2.62. The van der Waals surface area contributed by atoms with Crippen molar-refractivity contribution >= 4 is 38.5 Å². The molecular formula is C27H30N4O5S. The maximum Gasteiger partial charge on any atom is 0.245 e. The van der Waals surface area contributed by atoms with Crippen molar-refractivity contribution in [3.63, 3.8) is 0 Å². The van der Waals surface area contributed by atoms with E-state index in [1.54, 1.807) is 6.20 Å². The number of β-lactam (4-membered cyclic amide) rings is 1. The number of carbonyl (C=O) groups excluding carboxylic acids is 3. The lowest BCUT2D eigenvalue weighted by molar-refractivity contribution is -0.150. The Morgan fingerprint density at radius 3 is 2.46 bits per heavy atom. The second kappa shape index (κ2) is 9.02. The van der Waals surface area contributed by atoms with E-state index in [0.717, 1.165) is 26.9 Å². The topological polar surface area (TPSA) is 128 Å². The molecule has 10 heteroatoms. The Hall–Kier alpha value is -3.66. The first-order valence-corrected chi connectivity index (χ1v) is 13.8. The van der Waals surface area contributed by atoms with Gasteiger partial charge in [0.15, 0.2) is 9.84 Å². The number of benzene rings is 2. The highest BCUT2D eigenvalue weighted by Gasteiger charge is 2.67. The number of nitrogens with one attached hydrogen (secondary N) is 3. The quantitative estimate of drug-likeness (QED) is 0.410. The number of aromatic nitrogens is 1. The number of rotatable bonds is 7. The fourth-order valence-corrected chi connectivity index (χ4v) is 7.51. The monoisotopic (exact) mass is 522 g/mol. The van der Waals surface area contributed by atoms with E-state index in [2.05, 4.69) is 15.6 Å². The highest BCUT2D eigenvalue weighted by Crippen LogP contribution is 2.45. The first kappa shape index (κ1) is 25.0. The van der Waals surface area contributed by atoms with Gasteiger partial charge in [0.25, 0.3) is 0 Å². The molecule has 2 saturated heterocycles. The number of para-hydroxylation sites is 1. The molecule has 2 fully saturated rings. The molecule has 0 bridgehead atoms. The average Bonchev–Trinajstić information content (AvgIpc) is 3.32. The minimum atomic E-state index is -3.74. The van der Waals surface area contributed by atoms with E-state index in [-0.39, 0.29) is 24.8 Å². The van der Waals surface area contributed by atoms with Gasteiger partial charge in [-0.15, -0.1) is 0 Å². The first-order chi connectivity index (χ1) is 17.5. The Bertz CT molecular complexity index is 1480. The molecule has 0 radical (unpaired) electrons. The molecule has 3 N–H and O–H groups in total. The summed E-state index contributed by atoms with van der Waals surface area (Å²) < 4.78 is 24.5. The van der Waals surface area contributed by atoms with E-state index in [0.29, 0.717) is 0 Å². The molecule has 2 aliphatic heterocycles. The largest absolute Gasteiger partial charge is 0.361 e. The van der Waals surface area contributed by atoms with Crippen LogP contribution in [0, 0.1) is 0 Å². The molecule has 4 unspecified atom stereocenters. The second-order valence-corrected chi connectivity index (χ2v) is 13.0. The van der Waals surface area contributed by atoms with Crippen molar-refractivity contribution in [3.8, 4) is 0 Å². The van der Waals surface area contributed by atoms with Crippen LogP contribution in [-0.4, -0.2) is 58.2 Å². The van der Waals surface area contributed by atoms with Gasteiger partial charge in [-0.3, -0.25) is 14.4 Å². The van der Waals surface area contributed by atoms with Crippen molar-refractivity contribution in [2.75, 3.05) is 0 Å². The van der Waals surface area contributed by atoms with E-state index >= 15 is 0 Å². The van der Waals surface area contributed by atoms with Crippen LogP contribution < -0.4 is 10.6 Å². The molecular weight excluding hydrogens is 492 g/mol. The molecule has 4 atom stereocenters. The van der Waals surface area contributed by atoms with Gasteiger partial charge < -0.3 is 20.5 Å². The summed E-state index contributed by atoms with van der Waals surface area (Å²) in [6.45, 7) is 4.78. The van der Waals surface area contributed by atoms with Crippen LogP contribution in [0.1, 0.15) is 44.4 Å². The first-order valence-electron chi connectivity index (χ1n) is 12.3. The lowest BCUT2D eigenvalue weighted by atomic mass is 9.96. The molecule has 0 spiro atoms. The molecule has 3 aromatic rings. The van der Waals surface area contributed by atoms with Gasteiger partial charge in [-0.05, 0) is 38.0 Å². The second-order valence-electron chi connectivity index (χ2n) is 10.3. The third-order valence-electron chi connectivity index (χ3n) is 7.61. The van der Waals surface area contributed by atoms with E-state index in [1.807, 2.05) is 61.5 Å². The number of sulfone groups is 1. The van der Waals surface area contributed by atoms with E-state index in [1.165, 1.54) is 13.8 Å². The van der Waals surface area contributed by atoms with E-state index < -0.39 is 43.9 Å². The maximum atomic E-state index is 13.6. The van der Waals surface area contributed by atoms with Crippen molar-refractivity contribution in [3.05, 3.63) is 71.9 Å². The Balaban J connectivity index is 1.43. The van der Waals surface area contributed by atoms with Crippen LogP contribution in [0.25, 0.3) is 10.9 Å². The number of aromatic amines is 1. The SMILES string of the molecule is CC(NC(=O)C(Cc1c[nH]c2ccccc12)NC(=O)C1N2C(=O)CC2S(=O)(=O)C1(C)C)c1ccccc1. The van der Waals surface area contributed by atoms with Gasteiger partial charge in [-0.25, -0.2) is 8.42 Å². The smallest absolute Gasteiger partial charge is 0.245 e. The van der Waals surface area contributed by atoms with Crippen molar-refractivity contribution in [1.82, 2.24) is 20.5 Å². The number of hydrogen-bond donors (Lipinski definition) is 3. The summed E-state index contributed by atoms with van der Waals surface area (Å²) in [6.07, 6.45) is 1.86. The van der Waals surface area contributed by atoms with Crippen molar-refractivity contribution < 1.29 is 22.8 Å². The molecule has 3 heterocycles. The molecule has 9 nitrogen and oxygen atoms in total. The zero-order chi connectivity index (χ0) is 26.5. The summed E-state index contributed by atoms with van der Waals surface area (Å²) in [5.41, 5.74) is 2.64. The molecule has 3 amide bonds. The normalized spacial score (nSPS) is 23.1. The third kappa shape index (κ3) is 4.09. The van der Waals surface area contributed by atoms with Crippen molar-refractivity contribution in [2.24, 2.45) is 0 Å². The summed E-state index contributed by atoms with van der Waals surface area (Å²) in [7, 11) is -3.74. The molecule has 5 rings (SSSR count). The van der Waals surface area contributed by atoms with Gasteiger partial charge in [-0.1, -0.05) is 48.5 Å². The molecule has 194 valence electrons. The number of H-pyrrole nitrogens is 1. The highest BCUT2D eigenvalue weighted by atomic mass is 32.2. The number of hydrogen-bond acceptors (Lipinski definition) is 5. The Kier molecular flexibility index (Phi) is 6.10. The average molecular weight is 523 g/mol. The van der Waals surface area contributed by atoms with Gasteiger partial charge in [0, 0.05) is 23.5 Å². The summed E-state index contributed by atoms with van der Waals surface area (Å²) in [4.78, 5) is 43.8. The standard InChI is InChI=1S/C27H30N4O5S/c1-16(17-9-5-4-6-10-17)29-25(33)21(13-18-15-28-20-12-8-7-11-19(18)20)30-26(34)24-27(2,3)37(35,36)23-14-22(32)31(23)24/h4-12,15-16,21,23-24,28H,13-14H2,1-3H3,(H,29,33)(H,30,34). The van der Waals surface area contributed by atoms with Crippen LogP contribution in [-0.2, 0) is 30.6 Å². The van der Waals surface area contributed by atoms with E-state index in [4.69, 9.17) is 0 Å². The van der Waals surface area contributed by atoms with Gasteiger partial charge in [0.1, 0.15) is 17.5 Å². The molecule has 0 saturated carbocycles. The minimum absolute atomic E-state index is 0.122. The number of fused-ring (bicyclic) bond motifs is 2. The van der Waals surface area contributed by atoms with E-state index in [9.17, 15) is 22.8 Å². The summed E-state index contributed by atoms with van der Waals surface area (Å²) in [5, 5.41) is 5.69. The minimum Gasteiger partial charge on any atom is -0.361 e. The van der Waals surface area contributed by atoms with Crippen molar-refractivity contribution in [2.45, 2.75) is 61.9 Å². The molecule has 0 aliphatic carbocycles. The van der Waals surface area contributed by atoms with Crippen LogP contribution in [0.15, 0.2) is 60.8 Å². The fraction of sp³-hybridized carbons (Fsp3) is 0.370. The van der Waals surface area contributed by atoms with Gasteiger partial charge >= 0.3 is 0 Å². The number of nitrogens with zero attached hydrogens (tertiary/aromatic N) is 1. The maximum absolute atomic E-state index is 13.6. The Morgan fingerprint density at radius 1 is 1.08 bits per heavy atom. The van der Waals surface area contributed by atoms with Crippen LogP contribution in [0.4, 0.5) is 0 Å². The van der Waals surface area contributed by atoms with Crippen LogP contribution >= 0.6 is 0 Å². The Morgan fingerprint density at radius 2 is 1.76 bits per heavy atom. The van der Waals surface area contributed by atoms with Crippen molar-refractivity contribution in [1.29, 1.82) is 0 Å². The summed E-state index contributed by atoms with van der Waals surface area (Å²) in [5.74, 6) is -1.44. The third-order valence-corrected chi connectivity index (χ3v) is 10.4. The number of amides is 3. The summed E-state index contributed by atoms with van der Waals surface area (Å²) in [6, 6.07) is 14.6. The molecule has 2 aromatic carbocycles. The fourth-order valence-electron chi connectivity index (χ4n) is 5.37. The number of carbonyl (C=O) groups is 3. The summed E-state index contributed by atoms with van der Waals surface area (Å²) >= 11 is 0. The molecule has 1 aromatic heterocycles. The Labute approximate surface area is 215 Å². The zero-order valence-corrected chi connectivity index (χ0v) is 21.7.